The summed E-state index contributed by atoms with van der Waals surface area (Å²) in [5.74, 6) is 0.696. The van der Waals surface area contributed by atoms with E-state index in [-0.39, 0.29) is 25.0 Å². The van der Waals surface area contributed by atoms with Crippen LogP contribution in [0, 0.1) is 11.8 Å². The summed E-state index contributed by atoms with van der Waals surface area (Å²) in [5, 5.41) is 9.61. The van der Waals surface area contributed by atoms with Crippen molar-refractivity contribution in [1.82, 2.24) is 9.80 Å². The standard InChI is InChI=1S/C20H30N2O3/c23-14-19-10-18(11-21-8-4-5-9-21)12-22(13-19)20(24)16-25-15-17-6-2-1-3-7-17/h1-3,6-7,18-19,23H,4-5,8-16H2/t18-,19+/m0/s1. The summed E-state index contributed by atoms with van der Waals surface area (Å²) in [6.07, 6.45) is 3.58. The third-order valence-corrected chi connectivity index (χ3v) is 5.29. The van der Waals surface area contributed by atoms with Crippen molar-refractivity contribution >= 4 is 5.91 Å². The number of hydrogen-bond donors (Lipinski definition) is 1. The van der Waals surface area contributed by atoms with Crippen molar-refractivity contribution in [3.8, 4) is 0 Å². The number of ether oxygens (including phenoxy) is 1. The van der Waals surface area contributed by atoms with Gasteiger partial charge in [0, 0.05) is 26.2 Å². The fourth-order valence-corrected chi connectivity index (χ4v) is 4.04. The summed E-state index contributed by atoms with van der Waals surface area (Å²) in [5.41, 5.74) is 1.08. The highest BCUT2D eigenvalue weighted by Crippen LogP contribution is 2.24. The molecule has 2 aliphatic rings. The number of piperidine rings is 1. The molecule has 0 saturated carbocycles. The van der Waals surface area contributed by atoms with Crippen LogP contribution in [-0.4, -0.2) is 66.8 Å². The number of aliphatic hydroxyl groups is 1. The number of benzene rings is 1. The molecular weight excluding hydrogens is 316 g/mol. The predicted molar refractivity (Wildman–Crippen MR) is 97.0 cm³/mol. The van der Waals surface area contributed by atoms with Crippen molar-refractivity contribution in [2.45, 2.75) is 25.9 Å². The van der Waals surface area contributed by atoms with Gasteiger partial charge in [0.15, 0.2) is 0 Å². The molecule has 2 saturated heterocycles. The van der Waals surface area contributed by atoms with Gasteiger partial charge in [-0.1, -0.05) is 30.3 Å². The third-order valence-electron chi connectivity index (χ3n) is 5.29. The highest BCUT2D eigenvalue weighted by atomic mass is 16.5. The van der Waals surface area contributed by atoms with Crippen LogP contribution in [0.5, 0.6) is 0 Å². The molecule has 0 bridgehead atoms. The van der Waals surface area contributed by atoms with Gasteiger partial charge in [-0.25, -0.2) is 0 Å². The van der Waals surface area contributed by atoms with Crippen LogP contribution in [0.4, 0.5) is 0 Å². The average Bonchev–Trinajstić information content (AvgIpc) is 3.15. The Labute approximate surface area is 150 Å². The molecule has 0 spiro atoms. The van der Waals surface area contributed by atoms with Crippen LogP contribution in [0.15, 0.2) is 30.3 Å². The zero-order valence-corrected chi connectivity index (χ0v) is 15.0. The van der Waals surface area contributed by atoms with Crippen molar-refractivity contribution in [1.29, 1.82) is 0 Å². The number of nitrogens with zero attached hydrogens (tertiary/aromatic N) is 2. The fraction of sp³-hybridized carbons (Fsp3) is 0.650. The Kier molecular flexibility index (Phi) is 6.84. The van der Waals surface area contributed by atoms with E-state index >= 15 is 0 Å². The quantitative estimate of drug-likeness (QED) is 0.817. The maximum absolute atomic E-state index is 12.5. The number of likely N-dealkylation sites (tertiary alicyclic amines) is 2. The Morgan fingerprint density at radius 1 is 1.12 bits per heavy atom. The number of rotatable bonds is 7. The monoisotopic (exact) mass is 346 g/mol. The Hall–Kier alpha value is -1.43. The van der Waals surface area contributed by atoms with Gasteiger partial charge < -0.3 is 19.6 Å². The molecule has 2 aliphatic heterocycles. The Balaban J connectivity index is 1.47. The zero-order valence-electron chi connectivity index (χ0n) is 15.0. The summed E-state index contributed by atoms with van der Waals surface area (Å²) in [4.78, 5) is 16.9. The van der Waals surface area contributed by atoms with Crippen molar-refractivity contribution in [3.63, 3.8) is 0 Å². The van der Waals surface area contributed by atoms with Gasteiger partial charge >= 0.3 is 0 Å². The molecule has 0 unspecified atom stereocenters. The smallest absolute Gasteiger partial charge is 0.248 e. The van der Waals surface area contributed by atoms with E-state index in [4.69, 9.17) is 4.74 Å². The van der Waals surface area contributed by atoms with Crippen molar-refractivity contribution in [2.24, 2.45) is 11.8 Å². The van der Waals surface area contributed by atoms with Crippen LogP contribution >= 0.6 is 0 Å². The summed E-state index contributed by atoms with van der Waals surface area (Å²) >= 11 is 0. The number of amides is 1. The SMILES string of the molecule is O=C(COCc1ccccc1)N1C[C@H](CO)C[C@@H](CN2CCCC2)C1. The van der Waals surface area contributed by atoms with Crippen LogP contribution in [0.25, 0.3) is 0 Å². The minimum Gasteiger partial charge on any atom is -0.396 e. The number of carbonyl (C=O) groups excluding carboxylic acids is 1. The second kappa shape index (κ2) is 9.32. The molecule has 0 aliphatic carbocycles. The molecule has 1 N–H and O–H groups in total. The van der Waals surface area contributed by atoms with Gasteiger partial charge in [-0.3, -0.25) is 4.79 Å². The molecule has 25 heavy (non-hydrogen) atoms. The Morgan fingerprint density at radius 3 is 2.56 bits per heavy atom. The van der Waals surface area contributed by atoms with E-state index in [0.29, 0.717) is 19.1 Å². The van der Waals surface area contributed by atoms with Gasteiger partial charge in [0.1, 0.15) is 6.61 Å². The van der Waals surface area contributed by atoms with Gasteiger partial charge in [-0.05, 0) is 49.8 Å². The molecule has 0 radical (unpaired) electrons. The first-order chi connectivity index (χ1) is 12.2. The van der Waals surface area contributed by atoms with Crippen molar-refractivity contribution in [2.75, 3.05) is 45.9 Å². The lowest BCUT2D eigenvalue weighted by atomic mass is 9.89. The maximum atomic E-state index is 12.5. The summed E-state index contributed by atoms with van der Waals surface area (Å²) in [6, 6.07) is 9.91. The average molecular weight is 346 g/mol. The summed E-state index contributed by atoms with van der Waals surface area (Å²) in [7, 11) is 0. The molecule has 2 atom stereocenters. The van der Waals surface area contributed by atoms with Crippen LogP contribution in [0.1, 0.15) is 24.8 Å². The molecule has 1 aromatic rings. The second-order valence-electron chi connectivity index (χ2n) is 7.44. The first kappa shape index (κ1) is 18.4. The van der Waals surface area contributed by atoms with Gasteiger partial charge in [0.2, 0.25) is 5.91 Å². The van der Waals surface area contributed by atoms with Crippen LogP contribution < -0.4 is 0 Å². The van der Waals surface area contributed by atoms with Gasteiger partial charge in [0.25, 0.3) is 0 Å². The van der Waals surface area contributed by atoms with Gasteiger partial charge in [0.05, 0.1) is 6.61 Å². The molecule has 0 aromatic heterocycles. The molecule has 3 rings (SSSR count). The van der Waals surface area contributed by atoms with E-state index in [9.17, 15) is 9.90 Å². The molecule has 2 fully saturated rings. The second-order valence-corrected chi connectivity index (χ2v) is 7.44. The summed E-state index contributed by atoms with van der Waals surface area (Å²) < 4.78 is 5.61. The van der Waals surface area contributed by atoms with Crippen molar-refractivity contribution < 1.29 is 14.6 Å². The third kappa shape index (κ3) is 5.53. The highest BCUT2D eigenvalue weighted by molar-refractivity contribution is 5.77. The minimum absolute atomic E-state index is 0.0421. The number of hydrogen-bond acceptors (Lipinski definition) is 4. The van der Waals surface area contributed by atoms with Crippen LogP contribution in [0.3, 0.4) is 0 Å². The molecule has 2 heterocycles. The number of carbonyl (C=O) groups is 1. The van der Waals surface area contributed by atoms with E-state index in [0.717, 1.165) is 25.1 Å². The first-order valence-electron chi connectivity index (χ1n) is 9.47. The molecular formula is C20H30N2O3. The predicted octanol–water partition coefficient (Wildman–Crippen LogP) is 1.76. The zero-order chi connectivity index (χ0) is 17.5. The lowest BCUT2D eigenvalue weighted by molar-refractivity contribution is -0.140. The maximum Gasteiger partial charge on any atom is 0.248 e. The van der Waals surface area contributed by atoms with E-state index in [2.05, 4.69) is 4.90 Å². The fourth-order valence-electron chi connectivity index (χ4n) is 4.04. The van der Waals surface area contributed by atoms with Crippen LogP contribution in [-0.2, 0) is 16.1 Å². The molecule has 138 valence electrons. The van der Waals surface area contributed by atoms with E-state index in [1.165, 1.54) is 25.9 Å². The summed E-state index contributed by atoms with van der Waals surface area (Å²) in [6.45, 7) is 5.57. The topological polar surface area (TPSA) is 53.0 Å². The lowest BCUT2D eigenvalue weighted by Crippen LogP contribution is -2.48. The van der Waals surface area contributed by atoms with Gasteiger partial charge in [-0.2, -0.15) is 0 Å². The molecule has 1 amide bonds. The van der Waals surface area contributed by atoms with E-state index in [1.807, 2.05) is 35.2 Å². The van der Waals surface area contributed by atoms with E-state index < -0.39 is 0 Å². The van der Waals surface area contributed by atoms with Gasteiger partial charge in [-0.15, -0.1) is 0 Å². The normalized spacial score (nSPS) is 24.6. The molecule has 5 nitrogen and oxygen atoms in total. The van der Waals surface area contributed by atoms with Crippen LogP contribution in [0.2, 0.25) is 0 Å². The largest absolute Gasteiger partial charge is 0.396 e. The Morgan fingerprint density at radius 2 is 1.84 bits per heavy atom. The lowest BCUT2D eigenvalue weighted by Gasteiger charge is -2.38. The molecule has 1 aromatic carbocycles. The molecule has 5 heteroatoms. The Bertz CT molecular complexity index is 531. The number of aliphatic hydroxyl groups excluding tert-OH is 1. The van der Waals surface area contributed by atoms with E-state index in [1.54, 1.807) is 0 Å². The minimum atomic E-state index is 0.0421. The van der Waals surface area contributed by atoms with Crippen molar-refractivity contribution in [3.05, 3.63) is 35.9 Å². The highest BCUT2D eigenvalue weighted by Gasteiger charge is 2.31. The first-order valence-corrected chi connectivity index (χ1v) is 9.47.